The first-order valence-corrected chi connectivity index (χ1v) is 9.56. The summed E-state index contributed by atoms with van der Waals surface area (Å²) in [5.41, 5.74) is 1.70. The third-order valence-electron chi connectivity index (χ3n) is 4.96. The Morgan fingerprint density at radius 1 is 1.30 bits per heavy atom. The number of fused-ring (bicyclic) bond motifs is 1. The number of carbonyl (C=O) groups is 1. The highest BCUT2D eigenvalue weighted by molar-refractivity contribution is 6.00. The van der Waals surface area contributed by atoms with Gasteiger partial charge >= 0.3 is 6.61 Å². The number of ether oxygens (including phenoxy) is 2. The van der Waals surface area contributed by atoms with Crippen molar-refractivity contribution in [2.45, 2.75) is 25.4 Å². The van der Waals surface area contributed by atoms with Crippen molar-refractivity contribution < 1.29 is 34.0 Å². The van der Waals surface area contributed by atoms with Gasteiger partial charge in [-0.3, -0.25) is 14.0 Å². The van der Waals surface area contributed by atoms with E-state index in [1.165, 1.54) is 10.9 Å². The maximum absolute atomic E-state index is 13.5. The molecule has 1 fully saturated rings. The Morgan fingerprint density at radius 3 is 2.82 bits per heavy atom. The van der Waals surface area contributed by atoms with Crippen LogP contribution in [0.3, 0.4) is 0 Å². The van der Waals surface area contributed by atoms with Crippen molar-refractivity contribution >= 4 is 16.9 Å². The molecule has 0 bridgehead atoms. The van der Waals surface area contributed by atoms with Crippen LogP contribution in [0, 0.1) is 0 Å². The van der Waals surface area contributed by atoms with Crippen molar-refractivity contribution in [3.8, 4) is 28.3 Å². The van der Waals surface area contributed by atoms with Gasteiger partial charge in [-0.1, -0.05) is 6.07 Å². The molecule has 10 heteroatoms. The highest BCUT2D eigenvalue weighted by Gasteiger charge is 2.29. The molecule has 1 N–H and O–H groups in total. The van der Waals surface area contributed by atoms with E-state index < -0.39 is 55.4 Å². The van der Waals surface area contributed by atoms with Crippen molar-refractivity contribution in [1.29, 1.82) is 0 Å². The van der Waals surface area contributed by atoms with E-state index in [0.29, 0.717) is 11.0 Å². The molecule has 2 aromatic heterocycles. The number of aromatic nitrogens is 4. The molecular formula is C23H21F2N5O3. The third kappa shape index (κ3) is 4.11. The van der Waals surface area contributed by atoms with Gasteiger partial charge in [-0.25, -0.2) is 4.98 Å². The van der Waals surface area contributed by atoms with E-state index in [1.54, 1.807) is 42.3 Å². The van der Waals surface area contributed by atoms with Crippen LogP contribution < -0.4 is 14.8 Å². The van der Waals surface area contributed by atoms with E-state index in [0.717, 1.165) is 23.3 Å². The molecule has 8 nitrogen and oxygen atoms in total. The maximum Gasteiger partial charge on any atom is 0.387 e. The molecule has 170 valence electrons. The number of methoxy groups -OCH3 is 1. The molecule has 1 aliphatic carbocycles. The molecule has 2 heterocycles. The molecule has 1 amide bonds. The number of nitrogens with zero attached hydrogens (tertiary/aromatic N) is 4. The van der Waals surface area contributed by atoms with Crippen LogP contribution in [0.1, 0.15) is 34.1 Å². The van der Waals surface area contributed by atoms with Gasteiger partial charge in [0, 0.05) is 42.4 Å². The average molecular weight is 461 g/mol. The number of rotatable bonds is 7. The molecule has 2 aromatic carbocycles. The van der Waals surface area contributed by atoms with Crippen molar-refractivity contribution in [3.63, 3.8) is 0 Å². The number of carbonyl (C=O) groups excluding carboxylic acids is 1. The van der Waals surface area contributed by atoms with Gasteiger partial charge < -0.3 is 14.8 Å². The molecule has 4 aromatic rings. The van der Waals surface area contributed by atoms with Crippen LogP contribution in [0.5, 0.6) is 11.5 Å². The van der Waals surface area contributed by atoms with Crippen LogP contribution in [0.4, 0.5) is 8.78 Å². The minimum absolute atomic E-state index is 0.0192. The number of hydrogen-bond acceptors (Lipinski definition) is 5. The lowest BCUT2D eigenvalue weighted by molar-refractivity contribution is -0.0502. The lowest BCUT2D eigenvalue weighted by Crippen LogP contribution is -2.27. The minimum atomic E-state index is -3.48. The van der Waals surface area contributed by atoms with Crippen molar-refractivity contribution in [1.82, 2.24) is 24.6 Å². The Hall–Kier alpha value is -3.95. The summed E-state index contributed by atoms with van der Waals surface area (Å²) in [6.07, 6.45) is -0.852. The molecule has 5 rings (SSSR count). The number of imidazole rings is 1. The number of hydrogen-bond donors (Lipinski definition) is 1. The van der Waals surface area contributed by atoms with E-state index in [1.807, 2.05) is 5.32 Å². The Labute approximate surface area is 199 Å². The fraction of sp³-hybridized carbons (Fsp3) is 0.261. The van der Waals surface area contributed by atoms with Crippen molar-refractivity contribution in [3.05, 3.63) is 54.6 Å². The number of benzene rings is 2. The first-order valence-electron chi connectivity index (χ1n) is 13.6. The summed E-state index contributed by atoms with van der Waals surface area (Å²) in [5.74, 6) is -3.06. The predicted molar refractivity (Wildman–Crippen MR) is 117 cm³/mol. The molecule has 33 heavy (non-hydrogen) atoms. The third-order valence-corrected chi connectivity index (χ3v) is 4.96. The minimum Gasteiger partial charge on any atom is -0.496 e. The van der Waals surface area contributed by atoms with Gasteiger partial charge in [-0.15, -0.1) is 0 Å². The number of amides is 1. The van der Waals surface area contributed by atoms with Crippen molar-refractivity contribution in [2.75, 3.05) is 7.04 Å². The van der Waals surface area contributed by atoms with Crippen LogP contribution in [-0.2, 0) is 7.05 Å². The Balaban J connectivity index is 1.63. The zero-order valence-electron chi connectivity index (χ0n) is 25.0. The largest absolute Gasteiger partial charge is 0.496 e. The van der Waals surface area contributed by atoms with Gasteiger partial charge in [0.25, 0.3) is 5.91 Å². The first-order chi connectivity index (χ1) is 18.9. The predicted octanol–water partition coefficient (Wildman–Crippen LogP) is 3.93. The normalized spacial score (nSPS) is 21.5. The Morgan fingerprint density at radius 2 is 2.12 bits per heavy atom. The summed E-state index contributed by atoms with van der Waals surface area (Å²) in [6.45, 7) is -3.48. The smallest absolute Gasteiger partial charge is 0.387 e. The quantitative estimate of drug-likeness (QED) is 0.451. The number of halogens is 2. The summed E-state index contributed by atoms with van der Waals surface area (Å²) in [5, 5.41) is 5.97. The Kier molecular flexibility index (Phi) is 3.37. The molecule has 1 aliphatic rings. The SMILES string of the molecule is [2H]C([2H])([2H])Oc1cc(-n2cnc3cc(-c4cnn(C)c4)ccc32)cc(OC(F)F)c1C(=O)NC1([2H])C([2H])([2H])C1([2H])[2H]. The number of aryl methyl sites for hydroxylation is 1. The fourth-order valence-corrected chi connectivity index (χ4v) is 3.45. The summed E-state index contributed by atoms with van der Waals surface area (Å²) in [7, 11) is -1.41. The summed E-state index contributed by atoms with van der Waals surface area (Å²) >= 11 is 0. The van der Waals surface area contributed by atoms with Gasteiger partial charge in [-0.05, 0) is 30.4 Å². The standard InChI is InChI=1S/C23H21F2N5O3/c1-29-11-14(10-27-29)13-3-6-18-17(7-13)26-12-30(18)16-8-19(32-2)21(20(9-16)33-23(24)25)22(31)28-15-4-5-15/h3,6-12,15,23H,4-5H2,1-2H3,(H,28,31)/i2D3,4D2,5D2,15D. The van der Waals surface area contributed by atoms with Gasteiger partial charge in [0.15, 0.2) is 0 Å². The molecule has 0 unspecified atom stereocenters. The second kappa shape index (κ2) is 8.19. The fourth-order valence-electron chi connectivity index (χ4n) is 3.45. The Bertz CT molecular complexity index is 1660. The average Bonchev–Trinajstić information content (AvgIpc) is 3.35. The zero-order chi connectivity index (χ0) is 30.1. The van der Waals surface area contributed by atoms with Crippen LogP contribution in [0.2, 0.25) is 0 Å². The second-order valence-corrected chi connectivity index (χ2v) is 7.10. The van der Waals surface area contributed by atoms with Crippen LogP contribution >= 0.6 is 0 Å². The van der Waals surface area contributed by atoms with Gasteiger partial charge in [0.05, 0.1) is 35.4 Å². The highest BCUT2D eigenvalue weighted by atomic mass is 19.3. The van der Waals surface area contributed by atoms with Gasteiger partial charge in [0.1, 0.15) is 23.4 Å². The number of alkyl halides is 2. The van der Waals surface area contributed by atoms with E-state index in [-0.39, 0.29) is 5.69 Å². The number of nitrogens with one attached hydrogen (secondary N) is 1. The van der Waals surface area contributed by atoms with E-state index >= 15 is 0 Å². The molecule has 0 spiro atoms. The maximum atomic E-state index is 13.5. The second-order valence-electron chi connectivity index (χ2n) is 7.10. The first kappa shape index (κ1) is 13.6. The molecule has 0 atom stereocenters. The van der Waals surface area contributed by atoms with Crippen LogP contribution in [-0.4, -0.2) is 44.9 Å². The summed E-state index contributed by atoms with van der Waals surface area (Å²) in [4.78, 5) is 17.5. The van der Waals surface area contributed by atoms with E-state index in [9.17, 15) is 13.6 Å². The molecule has 1 saturated carbocycles. The highest BCUT2D eigenvalue weighted by Crippen LogP contribution is 2.35. The monoisotopic (exact) mass is 461 g/mol. The molecular weight excluding hydrogens is 432 g/mol. The van der Waals surface area contributed by atoms with Gasteiger partial charge in [-0.2, -0.15) is 13.9 Å². The van der Waals surface area contributed by atoms with Crippen LogP contribution in [0.15, 0.2) is 49.1 Å². The molecule has 0 aliphatic heterocycles. The van der Waals surface area contributed by atoms with Crippen molar-refractivity contribution in [2.24, 2.45) is 7.05 Å². The lowest BCUT2D eigenvalue weighted by atomic mass is 10.1. The van der Waals surface area contributed by atoms with Crippen LogP contribution in [0.25, 0.3) is 27.8 Å². The zero-order valence-corrected chi connectivity index (χ0v) is 17.0. The lowest BCUT2D eigenvalue weighted by Gasteiger charge is -2.17. The summed E-state index contributed by atoms with van der Waals surface area (Å²) < 4.78 is 101. The summed E-state index contributed by atoms with van der Waals surface area (Å²) in [6, 6.07) is 4.47. The van der Waals surface area contributed by atoms with E-state index in [2.05, 4.69) is 14.8 Å². The topological polar surface area (TPSA) is 83.2 Å². The molecule has 0 radical (unpaired) electrons. The van der Waals surface area contributed by atoms with E-state index in [4.69, 9.17) is 15.7 Å². The molecule has 0 saturated heterocycles. The van der Waals surface area contributed by atoms with Gasteiger partial charge in [0.2, 0.25) is 0 Å².